The Hall–Kier alpha value is -1.34. The topological polar surface area (TPSA) is 93.1 Å². The van der Waals surface area contributed by atoms with E-state index >= 15 is 0 Å². The zero-order valence-electron chi connectivity index (χ0n) is 11.4. The number of urea groups is 2. The molecule has 7 heteroatoms. The quantitative estimate of drug-likeness (QED) is 0.656. The fourth-order valence-electron chi connectivity index (χ4n) is 2.40. The monoisotopic (exact) mass is 271 g/mol. The minimum Gasteiger partial charge on any atom is -0.394 e. The van der Waals surface area contributed by atoms with Gasteiger partial charge in [0, 0.05) is 0 Å². The summed E-state index contributed by atoms with van der Waals surface area (Å²) < 4.78 is 0. The van der Waals surface area contributed by atoms with Crippen LogP contribution in [0.25, 0.3) is 0 Å². The van der Waals surface area contributed by atoms with Gasteiger partial charge in [-0.05, 0) is 27.2 Å². The van der Waals surface area contributed by atoms with E-state index in [4.69, 9.17) is 0 Å². The van der Waals surface area contributed by atoms with Crippen molar-refractivity contribution in [2.45, 2.75) is 57.5 Å². The first-order chi connectivity index (χ1) is 8.88. The van der Waals surface area contributed by atoms with Crippen molar-refractivity contribution in [3.8, 4) is 0 Å². The van der Waals surface area contributed by atoms with Crippen LogP contribution in [0.3, 0.4) is 0 Å². The Balaban J connectivity index is 2.28. The van der Waals surface area contributed by atoms with Crippen LogP contribution in [-0.4, -0.2) is 69.0 Å². The van der Waals surface area contributed by atoms with Crippen LogP contribution in [0.15, 0.2) is 0 Å². The van der Waals surface area contributed by atoms with Gasteiger partial charge in [0.1, 0.15) is 0 Å². The Labute approximate surface area is 112 Å². The van der Waals surface area contributed by atoms with Crippen LogP contribution in [0.4, 0.5) is 9.59 Å². The molecule has 3 N–H and O–H groups in total. The number of nitrogens with zero attached hydrogens (tertiary/aromatic N) is 2. The number of hydrogen-bond donors (Lipinski definition) is 3. The average molecular weight is 271 g/mol. The van der Waals surface area contributed by atoms with Crippen LogP contribution in [-0.2, 0) is 0 Å². The molecular weight excluding hydrogens is 250 g/mol. The molecule has 0 spiro atoms. The summed E-state index contributed by atoms with van der Waals surface area (Å²) in [4.78, 5) is 27.1. The standard InChI is InChI=1S/C12H21N3O4/c1-6(5-16)14-11(18)13-9-4-10(9)15(12(14)19)7(2)8(3)17/h6-10,16-17H,4-5H2,1-3H3,(H,13,18). The first-order valence-electron chi connectivity index (χ1n) is 6.59. The lowest BCUT2D eigenvalue weighted by Gasteiger charge is -2.35. The first kappa shape index (κ1) is 14.1. The van der Waals surface area contributed by atoms with Crippen molar-refractivity contribution in [1.29, 1.82) is 0 Å². The summed E-state index contributed by atoms with van der Waals surface area (Å²) in [5.74, 6) is 0. The lowest BCUT2D eigenvalue weighted by Crippen LogP contribution is -2.56. The van der Waals surface area contributed by atoms with Gasteiger partial charge in [-0.2, -0.15) is 0 Å². The molecule has 2 rings (SSSR count). The molecule has 5 unspecified atom stereocenters. The first-order valence-corrected chi connectivity index (χ1v) is 6.59. The van der Waals surface area contributed by atoms with E-state index in [-0.39, 0.29) is 24.7 Å². The normalized spacial score (nSPS) is 31.2. The lowest BCUT2D eigenvalue weighted by molar-refractivity contribution is 0.0656. The maximum atomic E-state index is 12.5. The second-order valence-electron chi connectivity index (χ2n) is 5.43. The van der Waals surface area contributed by atoms with E-state index in [2.05, 4.69) is 5.32 Å². The fourth-order valence-corrected chi connectivity index (χ4v) is 2.40. The molecule has 0 radical (unpaired) electrons. The van der Waals surface area contributed by atoms with Gasteiger partial charge in [-0.1, -0.05) is 0 Å². The predicted octanol–water partition coefficient (Wildman–Crippen LogP) is -0.275. The highest BCUT2D eigenvalue weighted by molar-refractivity contribution is 5.96. The summed E-state index contributed by atoms with van der Waals surface area (Å²) in [5.41, 5.74) is 0. The fraction of sp³-hybridized carbons (Fsp3) is 0.833. The number of fused-ring (bicyclic) bond motifs is 1. The van der Waals surface area contributed by atoms with E-state index in [1.165, 1.54) is 0 Å². The van der Waals surface area contributed by atoms with E-state index in [9.17, 15) is 19.8 Å². The number of carbonyl (C=O) groups is 2. The van der Waals surface area contributed by atoms with Crippen LogP contribution in [0.1, 0.15) is 27.2 Å². The molecule has 0 bridgehead atoms. The highest BCUT2D eigenvalue weighted by atomic mass is 16.3. The highest BCUT2D eigenvalue weighted by Crippen LogP contribution is 2.34. The third kappa shape index (κ3) is 2.40. The SMILES string of the molecule is CC(O)C(C)N1C(=O)N(C(C)CO)C(=O)NC2CC21. The minimum atomic E-state index is -0.676. The predicted molar refractivity (Wildman–Crippen MR) is 67.5 cm³/mol. The minimum absolute atomic E-state index is 0.0476. The maximum Gasteiger partial charge on any atom is 0.329 e. The second kappa shape index (κ2) is 4.97. The Morgan fingerprint density at radius 3 is 2.53 bits per heavy atom. The summed E-state index contributed by atoms with van der Waals surface area (Å²) in [7, 11) is 0. The third-order valence-electron chi connectivity index (χ3n) is 3.91. The van der Waals surface area contributed by atoms with Crippen molar-refractivity contribution in [3.05, 3.63) is 0 Å². The maximum absolute atomic E-state index is 12.5. The summed E-state index contributed by atoms with van der Waals surface area (Å²) in [6.45, 7) is 4.70. The number of carbonyl (C=O) groups excluding carboxylic acids is 2. The molecule has 1 aliphatic heterocycles. The number of aliphatic hydroxyl groups excluding tert-OH is 2. The molecule has 5 atom stereocenters. The Morgan fingerprint density at radius 2 is 2.00 bits per heavy atom. The van der Waals surface area contributed by atoms with Crippen molar-refractivity contribution in [1.82, 2.24) is 15.1 Å². The summed E-state index contributed by atoms with van der Waals surface area (Å²) in [5, 5.41) is 21.7. The Morgan fingerprint density at radius 1 is 1.37 bits per heavy atom. The van der Waals surface area contributed by atoms with Gasteiger partial charge in [0.05, 0.1) is 36.9 Å². The van der Waals surface area contributed by atoms with Gasteiger partial charge >= 0.3 is 12.1 Å². The molecule has 4 amide bonds. The van der Waals surface area contributed by atoms with Gasteiger partial charge in [-0.25, -0.2) is 14.5 Å². The van der Waals surface area contributed by atoms with Crippen molar-refractivity contribution in [2.75, 3.05) is 6.61 Å². The van der Waals surface area contributed by atoms with Crippen molar-refractivity contribution >= 4 is 12.1 Å². The van der Waals surface area contributed by atoms with Gasteiger partial charge in [0.15, 0.2) is 0 Å². The Bertz CT molecular complexity index is 387. The Kier molecular flexibility index (Phi) is 3.69. The smallest absolute Gasteiger partial charge is 0.329 e. The van der Waals surface area contributed by atoms with Crippen LogP contribution in [0.5, 0.6) is 0 Å². The van der Waals surface area contributed by atoms with Crippen LogP contribution in [0, 0.1) is 0 Å². The number of hydrogen-bond acceptors (Lipinski definition) is 4. The second-order valence-corrected chi connectivity index (χ2v) is 5.43. The summed E-state index contributed by atoms with van der Waals surface area (Å²) >= 11 is 0. The molecule has 0 aromatic heterocycles. The molecule has 108 valence electrons. The molecule has 7 nitrogen and oxygen atoms in total. The number of rotatable bonds is 4. The van der Waals surface area contributed by atoms with Crippen LogP contribution < -0.4 is 5.32 Å². The molecule has 1 saturated heterocycles. The van der Waals surface area contributed by atoms with Crippen LogP contribution >= 0.6 is 0 Å². The van der Waals surface area contributed by atoms with E-state index in [1.807, 2.05) is 0 Å². The molecular formula is C12H21N3O4. The largest absolute Gasteiger partial charge is 0.394 e. The zero-order valence-corrected chi connectivity index (χ0v) is 11.4. The van der Waals surface area contributed by atoms with E-state index < -0.39 is 24.2 Å². The van der Waals surface area contributed by atoms with E-state index in [0.717, 1.165) is 11.3 Å². The molecule has 1 saturated carbocycles. The van der Waals surface area contributed by atoms with Gasteiger partial charge in [0.25, 0.3) is 0 Å². The zero-order chi connectivity index (χ0) is 14.3. The van der Waals surface area contributed by atoms with Crippen molar-refractivity contribution in [2.24, 2.45) is 0 Å². The van der Waals surface area contributed by atoms with Gasteiger partial charge < -0.3 is 20.4 Å². The molecule has 2 fully saturated rings. The van der Waals surface area contributed by atoms with Crippen molar-refractivity contribution in [3.63, 3.8) is 0 Å². The summed E-state index contributed by atoms with van der Waals surface area (Å²) in [6, 6.07) is -1.99. The van der Waals surface area contributed by atoms with E-state index in [1.54, 1.807) is 25.7 Å². The summed E-state index contributed by atoms with van der Waals surface area (Å²) in [6.07, 6.45) is 0.0419. The van der Waals surface area contributed by atoms with Gasteiger partial charge in [-0.15, -0.1) is 0 Å². The molecule has 1 aliphatic carbocycles. The molecule has 1 heterocycles. The molecule has 19 heavy (non-hydrogen) atoms. The lowest BCUT2D eigenvalue weighted by atomic mass is 10.2. The number of imide groups is 1. The number of amides is 4. The average Bonchev–Trinajstić information content (AvgIpc) is 3.07. The van der Waals surface area contributed by atoms with Gasteiger partial charge in [-0.3, -0.25) is 0 Å². The third-order valence-corrected chi connectivity index (χ3v) is 3.91. The van der Waals surface area contributed by atoms with Gasteiger partial charge in [0.2, 0.25) is 0 Å². The number of nitrogens with one attached hydrogen (secondary N) is 1. The number of aliphatic hydroxyl groups is 2. The highest BCUT2D eigenvalue weighted by Gasteiger charge is 2.53. The van der Waals surface area contributed by atoms with Crippen molar-refractivity contribution < 1.29 is 19.8 Å². The molecule has 2 aliphatic rings. The van der Waals surface area contributed by atoms with E-state index in [0.29, 0.717) is 0 Å². The molecule has 0 aromatic carbocycles. The van der Waals surface area contributed by atoms with Crippen LogP contribution in [0.2, 0.25) is 0 Å². The molecule has 0 aromatic rings.